The number of sulfonamides is 1. The number of hydrogen-bond acceptors (Lipinski definition) is 5. The van der Waals surface area contributed by atoms with Crippen LogP contribution in [0.1, 0.15) is 78.2 Å². The number of carbonyl (C=O) groups excluding carboxylic acids is 2. The van der Waals surface area contributed by atoms with E-state index < -0.39 is 28.0 Å². The van der Waals surface area contributed by atoms with Crippen LogP contribution in [0.5, 0.6) is 0 Å². The third-order valence-corrected chi connectivity index (χ3v) is 9.17. The van der Waals surface area contributed by atoms with Crippen molar-refractivity contribution in [3.8, 4) is 0 Å². The minimum Gasteiger partial charge on any atom is -0.452 e. The van der Waals surface area contributed by atoms with E-state index in [0.717, 1.165) is 31.2 Å². The highest BCUT2D eigenvalue weighted by Crippen LogP contribution is 2.28. The Kier molecular flexibility index (Phi) is 8.45. The molecule has 0 radical (unpaired) electrons. The first-order valence-electron chi connectivity index (χ1n) is 12.5. The van der Waals surface area contributed by atoms with Crippen molar-refractivity contribution in [2.24, 2.45) is 5.92 Å². The second-order valence-electron chi connectivity index (χ2n) is 10.8. The molecule has 1 aliphatic heterocycles. The zero-order chi connectivity index (χ0) is 25.1. The van der Waals surface area contributed by atoms with E-state index in [1.165, 1.54) is 10.7 Å². The van der Waals surface area contributed by atoms with Crippen LogP contribution in [-0.2, 0) is 29.8 Å². The molecular formula is C26H40N2O5S. The van der Waals surface area contributed by atoms with Crippen LogP contribution in [0.15, 0.2) is 29.2 Å². The highest BCUT2D eigenvalue weighted by molar-refractivity contribution is 7.89. The Morgan fingerprint density at radius 3 is 2.09 bits per heavy atom. The molecule has 0 N–H and O–H groups in total. The van der Waals surface area contributed by atoms with Crippen LogP contribution in [0.2, 0.25) is 0 Å². The number of carbonyl (C=O) groups is 2. The van der Waals surface area contributed by atoms with Gasteiger partial charge in [-0.1, -0.05) is 52.2 Å². The first-order chi connectivity index (χ1) is 15.9. The van der Waals surface area contributed by atoms with Gasteiger partial charge in [-0.25, -0.2) is 8.42 Å². The van der Waals surface area contributed by atoms with Crippen molar-refractivity contribution in [1.82, 2.24) is 9.21 Å². The third kappa shape index (κ3) is 6.19. The number of piperidine rings is 1. The van der Waals surface area contributed by atoms with E-state index in [1.54, 1.807) is 31.0 Å². The van der Waals surface area contributed by atoms with Crippen LogP contribution in [0.3, 0.4) is 0 Å². The quantitative estimate of drug-likeness (QED) is 0.558. The largest absolute Gasteiger partial charge is 0.452 e. The van der Waals surface area contributed by atoms with Crippen molar-refractivity contribution in [2.45, 2.75) is 95.1 Å². The predicted molar refractivity (Wildman–Crippen MR) is 132 cm³/mol. The van der Waals surface area contributed by atoms with Crippen LogP contribution >= 0.6 is 0 Å². The molecule has 1 aromatic rings. The molecule has 1 aromatic carbocycles. The lowest BCUT2D eigenvalue weighted by Gasteiger charge is -2.33. The molecule has 2 aliphatic rings. The lowest BCUT2D eigenvalue weighted by atomic mass is 9.87. The van der Waals surface area contributed by atoms with Gasteiger partial charge in [-0.2, -0.15) is 4.31 Å². The average Bonchev–Trinajstić information content (AvgIpc) is 2.83. The Morgan fingerprint density at radius 2 is 1.56 bits per heavy atom. The first kappa shape index (κ1) is 26.7. The molecule has 1 aliphatic carbocycles. The van der Waals surface area contributed by atoms with Gasteiger partial charge in [0.1, 0.15) is 0 Å². The molecule has 1 heterocycles. The SMILES string of the molecule is CC(OC(=O)C1CCN(S(=O)(=O)c2ccc(C(C)(C)C)cc2)CC1)C(=O)N(C)C1CCCCC1. The average molecular weight is 493 g/mol. The number of likely N-dealkylation sites (N-methyl/N-ethyl adjacent to an activating group) is 1. The summed E-state index contributed by atoms with van der Waals surface area (Å²) >= 11 is 0. The summed E-state index contributed by atoms with van der Waals surface area (Å²) < 4.78 is 33.1. The van der Waals surface area contributed by atoms with E-state index in [2.05, 4.69) is 20.8 Å². The smallest absolute Gasteiger partial charge is 0.309 e. The molecule has 8 heteroatoms. The second-order valence-corrected chi connectivity index (χ2v) is 12.7. The highest BCUT2D eigenvalue weighted by Gasteiger charge is 2.35. The zero-order valence-corrected chi connectivity index (χ0v) is 22.1. The first-order valence-corrected chi connectivity index (χ1v) is 13.9. The molecule has 3 rings (SSSR count). The van der Waals surface area contributed by atoms with Crippen LogP contribution in [0.4, 0.5) is 0 Å². The zero-order valence-electron chi connectivity index (χ0n) is 21.2. The summed E-state index contributed by atoms with van der Waals surface area (Å²) in [7, 11) is -1.82. The van der Waals surface area contributed by atoms with Crippen molar-refractivity contribution >= 4 is 21.9 Å². The minimum atomic E-state index is -3.61. The maximum absolute atomic E-state index is 13.1. The van der Waals surface area contributed by atoms with Gasteiger partial charge in [0, 0.05) is 26.2 Å². The fraction of sp³-hybridized carbons (Fsp3) is 0.692. The van der Waals surface area contributed by atoms with Gasteiger partial charge in [-0.15, -0.1) is 0 Å². The van der Waals surface area contributed by atoms with E-state index in [-0.39, 0.29) is 35.3 Å². The molecule has 0 spiro atoms. The Morgan fingerprint density at radius 1 is 1.00 bits per heavy atom. The maximum atomic E-state index is 13.1. The van der Waals surface area contributed by atoms with E-state index >= 15 is 0 Å². The molecule has 1 saturated carbocycles. The van der Waals surface area contributed by atoms with E-state index in [0.29, 0.717) is 12.8 Å². The molecule has 190 valence electrons. The predicted octanol–water partition coefficient (Wildman–Crippen LogP) is 4.11. The monoisotopic (exact) mass is 492 g/mol. The molecule has 2 fully saturated rings. The summed E-state index contributed by atoms with van der Waals surface area (Å²) in [5, 5.41) is 0. The highest BCUT2D eigenvalue weighted by atomic mass is 32.2. The number of hydrogen-bond donors (Lipinski definition) is 0. The molecule has 34 heavy (non-hydrogen) atoms. The molecular weight excluding hydrogens is 452 g/mol. The fourth-order valence-electron chi connectivity index (χ4n) is 4.86. The number of ether oxygens (including phenoxy) is 1. The van der Waals surface area contributed by atoms with Gasteiger partial charge in [0.05, 0.1) is 10.8 Å². The van der Waals surface area contributed by atoms with Gasteiger partial charge < -0.3 is 9.64 Å². The molecule has 1 atom stereocenters. The summed E-state index contributed by atoms with van der Waals surface area (Å²) in [6.45, 7) is 8.40. The standard InChI is InChI=1S/C26H40N2O5S/c1-19(24(29)27(5)22-9-7-6-8-10-22)33-25(30)20-15-17-28(18-16-20)34(31,32)23-13-11-21(12-14-23)26(2,3)4/h11-14,19-20,22H,6-10,15-18H2,1-5H3. The Labute approximate surface area is 204 Å². The summed E-state index contributed by atoms with van der Waals surface area (Å²) in [6.07, 6.45) is 5.39. The number of esters is 1. The third-order valence-electron chi connectivity index (χ3n) is 7.26. The van der Waals surface area contributed by atoms with Crippen LogP contribution in [-0.4, -0.2) is 61.8 Å². The number of amides is 1. The van der Waals surface area contributed by atoms with Crippen molar-refractivity contribution < 1.29 is 22.7 Å². The molecule has 7 nitrogen and oxygen atoms in total. The van der Waals surface area contributed by atoms with Crippen LogP contribution < -0.4 is 0 Å². The van der Waals surface area contributed by atoms with Crippen molar-refractivity contribution in [3.63, 3.8) is 0 Å². The van der Waals surface area contributed by atoms with Gasteiger partial charge in [-0.3, -0.25) is 9.59 Å². The fourth-order valence-corrected chi connectivity index (χ4v) is 6.33. The molecule has 1 saturated heterocycles. The Bertz CT molecular complexity index is 954. The topological polar surface area (TPSA) is 84.0 Å². The lowest BCUT2D eigenvalue weighted by Crippen LogP contribution is -2.45. The van der Waals surface area contributed by atoms with Gasteiger partial charge in [0.15, 0.2) is 6.10 Å². The Hall–Kier alpha value is -1.93. The second kappa shape index (κ2) is 10.8. The van der Waals surface area contributed by atoms with E-state index in [4.69, 9.17) is 4.74 Å². The van der Waals surface area contributed by atoms with Gasteiger partial charge in [0.25, 0.3) is 5.91 Å². The molecule has 1 amide bonds. The van der Waals surface area contributed by atoms with E-state index in [9.17, 15) is 18.0 Å². The van der Waals surface area contributed by atoms with Crippen molar-refractivity contribution in [1.29, 1.82) is 0 Å². The molecule has 0 aromatic heterocycles. The van der Waals surface area contributed by atoms with Gasteiger partial charge in [0.2, 0.25) is 10.0 Å². The van der Waals surface area contributed by atoms with Crippen molar-refractivity contribution in [3.05, 3.63) is 29.8 Å². The van der Waals surface area contributed by atoms with Gasteiger partial charge >= 0.3 is 5.97 Å². The normalized spacial score (nSPS) is 20.0. The minimum absolute atomic E-state index is 0.0509. The number of benzene rings is 1. The van der Waals surface area contributed by atoms with Crippen LogP contribution in [0, 0.1) is 5.92 Å². The summed E-state index contributed by atoms with van der Waals surface area (Å²) in [6, 6.07) is 7.26. The van der Waals surface area contributed by atoms with Gasteiger partial charge in [-0.05, 0) is 55.7 Å². The summed E-state index contributed by atoms with van der Waals surface area (Å²) in [5.74, 6) is -0.978. The molecule has 1 unspecified atom stereocenters. The summed E-state index contributed by atoms with van der Waals surface area (Å²) in [5.41, 5.74) is 1.02. The maximum Gasteiger partial charge on any atom is 0.309 e. The van der Waals surface area contributed by atoms with E-state index in [1.807, 2.05) is 12.1 Å². The molecule has 0 bridgehead atoms. The Balaban J connectivity index is 1.53. The van der Waals surface area contributed by atoms with Crippen LogP contribution in [0.25, 0.3) is 0 Å². The number of nitrogens with zero attached hydrogens (tertiary/aromatic N) is 2. The lowest BCUT2D eigenvalue weighted by molar-refractivity contribution is -0.164. The summed E-state index contributed by atoms with van der Waals surface area (Å²) in [4.78, 5) is 27.5. The van der Waals surface area contributed by atoms with Crippen molar-refractivity contribution in [2.75, 3.05) is 20.1 Å². The number of rotatable bonds is 6.